The fourth-order valence-corrected chi connectivity index (χ4v) is 8.84. The summed E-state index contributed by atoms with van der Waals surface area (Å²) in [6.45, 7) is 0. The molecule has 9 aromatic carbocycles. The number of aromatic nitrogens is 2. The highest BCUT2D eigenvalue weighted by atomic mass is 15.3. The molecule has 0 amide bonds. The first-order valence-electron chi connectivity index (χ1n) is 21.1. The Hall–Kier alpha value is -8.27. The van der Waals surface area contributed by atoms with Crippen molar-refractivity contribution in [2.45, 2.75) is 0 Å². The van der Waals surface area contributed by atoms with Crippen LogP contribution in [0.1, 0.15) is 0 Å². The summed E-state index contributed by atoms with van der Waals surface area (Å²) in [5.74, 6) is 0. The molecule has 0 unspecified atom stereocenters. The van der Waals surface area contributed by atoms with Crippen molar-refractivity contribution in [1.29, 1.82) is 0 Å². The molecule has 0 aliphatic carbocycles. The molecule has 3 heteroatoms. The van der Waals surface area contributed by atoms with E-state index >= 15 is 0 Å². The van der Waals surface area contributed by atoms with Crippen molar-refractivity contribution < 1.29 is 0 Å². The fourth-order valence-electron chi connectivity index (χ4n) is 8.84. The molecule has 0 spiro atoms. The van der Waals surface area contributed by atoms with Crippen molar-refractivity contribution in [3.05, 3.63) is 249 Å². The van der Waals surface area contributed by atoms with Crippen molar-refractivity contribution >= 4 is 33.4 Å². The lowest BCUT2D eigenvalue weighted by molar-refractivity contribution is 0.976. The molecule has 2 aromatic heterocycles. The van der Waals surface area contributed by atoms with Crippen LogP contribution in [0, 0.1) is 0 Å². The van der Waals surface area contributed by atoms with E-state index in [4.69, 9.17) is 5.10 Å². The van der Waals surface area contributed by atoms with Crippen molar-refractivity contribution in [2.75, 3.05) is 4.90 Å². The van der Waals surface area contributed by atoms with Crippen LogP contribution in [0.25, 0.3) is 83.3 Å². The Bertz CT molecular complexity index is 3270. The number of anilines is 3. The first-order valence-corrected chi connectivity index (χ1v) is 21.1. The Kier molecular flexibility index (Phi) is 9.53. The van der Waals surface area contributed by atoms with Crippen LogP contribution < -0.4 is 4.90 Å². The minimum Gasteiger partial charge on any atom is -0.308 e. The van der Waals surface area contributed by atoms with Crippen molar-refractivity contribution in [1.82, 2.24) is 9.61 Å². The van der Waals surface area contributed by atoms with Crippen LogP contribution >= 0.6 is 0 Å². The highest BCUT2D eigenvalue weighted by Gasteiger charge is 2.28. The van der Waals surface area contributed by atoms with Crippen LogP contribution in [0.5, 0.6) is 0 Å². The Morgan fingerprint density at radius 2 is 0.629 bits per heavy atom. The van der Waals surface area contributed by atoms with Gasteiger partial charge in [-0.2, -0.15) is 5.10 Å². The van der Waals surface area contributed by atoms with E-state index in [-0.39, 0.29) is 0 Å². The maximum Gasteiger partial charge on any atom is 0.101 e. The van der Waals surface area contributed by atoms with Crippen molar-refractivity contribution in [2.24, 2.45) is 0 Å². The van der Waals surface area contributed by atoms with Gasteiger partial charge in [-0.25, -0.2) is 4.52 Å². The third kappa shape index (κ3) is 6.72. The third-order valence-corrected chi connectivity index (χ3v) is 11.8. The van der Waals surface area contributed by atoms with Gasteiger partial charge in [-0.3, -0.25) is 0 Å². The summed E-state index contributed by atoms with van der Waals surface area (Å²) in [6, 6.07) is 88.8. The van der Waals surface area contributed by atoms with Crippen LogP contribution in [0.15, 0.2) is 249 Å². The largest absolute Gasteiger partial charge is 0.308 e. The lowest BCUT2D eigenvalue weighted by atomic mass is 9.95. The second kappa shape index (κ2) is 16.1. The van der Waals surface area contributed by atoms with E-state index < -0.39 is 0 Å². The van der Waals surface area contributed by atoms with Gasteiger partial charge in [0.2, 0.25) is 0 Å². The van der Waals surface area contributed by atoms with Gasteiger partial charge in [0.15, 0.2) is 0 Å². The Balaban J connectivity index is 1.18. The molecule has 0 saturated heterocycles. The van der Waals surface area contributed by atoms with Gasteiger partial charge in [0.25, 0.3) is 0 Å². The molecule has 0 atom stereocenters. The van der Waals surface area contributed by atoms with Crippen molar-refractivity contribution in [3.8, 4) is 67.0 Å². The molecule has 2 heterocycles. The normalized spacial score (nSPS) is 11.2. The standard InChI is InChI=1S/C59H41N3/c1-6-18-42(19-7-1)44-30-32-45(33-31-44)47-36-40-52(41-37-47)61(51-38-34-46(35-39-51)43-20-8-2-9-21-43)59-54-29-17-16-28-53(54)58-55(48-22-10-3-11-23-48)56(49-24-12-4-13-25-49)60-62(58)57(59)50-26-14-5-15-27-50/h1-41H. The van der Waals surface area contributed by atoms with Crippen LogP contribution in [-0.2, 0) is 0 Å². The zero-order valence-corrected chi connectivity index (χ0v) is 34.0. The molecule has 0 saturated carbocycles. The number of rotatable bonds is 9. The average Bonchev–Trinajstić information content (AvgIpc) is 3.77. The number of fused-ring (bicyclic) bond motifs is 3. The minimum atomic E-state index is 0.942. The van der Waals surface area contributed by atoms with E-state index in [1.807, 2.05) is 0 Å². The number of nitrogens with zero attached hydrogens (tertiary/aromatic N) is 3. The number of benzene rings is 9. The number of pyridine rings is 1. The summed E-state index contributed by atoms with van der Waals surface area (Å²) in [4.78, 5) is 2.42. The molecule has 292 valence electrons. The molecule has 0 fully saturated rings. The zero-order chi connectivity index (χ0) is 41.2. The molecule has 3 nitrogen and oxygen atoms in total. The summed E-state index contributed by atoms with van der Waals surface area (Å²) >= 11 is 0. The van der Waals surface area contributed by atoms with Crippen LogP contribution in [0.4, 0.5) is 17.1 Å². The second-order valence-corrected chi connectivity index (χ2v) is 15.6. The molecule has 0 bridgehead atoms. The van der Waals surface area contributed by atoms with Gasteiger partial charge in [-0.15, -0.1) is 0 Å². The molecule has 0 aliphatic rings. The van der Waals surface area contributed by atoms with E-state index in [9.17, 15) is 0 Å². The summed E-state index contributed by atoms with van der Waals surface area (Å²) in [5, 5.41) is 7.89. The maximum atomic E-state index is 5.64. The van der Waals surface area contributed by atoms with Gasteiger partial charge in [0.1, 0.15) is 5.69 Å². The fraction of sp³-hybridized carbons (Fsp3) is 0. The lowest BCUT2D eigenvalue weighted by Crippen LogP contribution is -2.14. The van der Waals surface area contributed by atoms with E-state index in [0.29, 0.717) is 0 Å². The summed E-state index contributed by atoms with van der Waals surface area (Å²) < 4.78 is 2.21. The molecular formula is C59H41N3. The maximum absolute atomic E-state index is 5.64. The summed E-state index contributed by atoms with van der Waals surface area (Å²) in [7, 11) is 0. The monoisotopic (exact) mass is 791 g/mol. The highest BCUT2D eigenvalue weighted by Crippen LogP contribution is 2.49. The van der Waals surface area contributed by atoms with Gasteiger partial charge in [0, 0.05) is 38.8 Å². The van der Waals surface area contributed by atoms with E-state index in [0.717, 1.165) is 72.6 Å². The SMILES string of the molecule is c1ccc(-c2ccc(-c3ccc(N(c4ccc(-c5ccccc5)cc4)c4c(-c5ccccc5)n5nc(-c6ccccc6)c(-c6ccccc6)c5c5ccccc45)cc3)cc2)cc1. The van der Waals surface area contributed by atoms with Crippen LogP contribution in [-0.4, -0.2) is 9.61 Å². The summed E-state index contributed by atoms with van der Waals surface area (Å²) in [5.41, 5.74) is 17.6. The van der Waals surface area contributed by atoms with Crippen LogP contribution in [0.2, 0.25) is 0 Å². The molecule has 11 rings (SSSR count). The van der Waals surface area contributed by atoms with Gasteiger partial charge in [-0.05, 0) is 63.2 Å². The zero-order valence-electron chi connectivity index (χ0n) is 34.0. The number of hydrogen-bond acceptors (Lipinski definition) is 2. The van der Waals surface area contributed by atoms with Crippen molar-refractivity contribution in [3.63, 3.8) is 0 Å². The van der Waals surface area contributed by atoms with Gasteiger partial charge in [0.05, 0.1) is 16.9 Å². The van der Waals surface area contributed by atoms with Crippen LogP contribution in [0.3, 0.4) is 0 Å². The first-order chi connectivity index (χ1) is 30.8. The smallest absolute Gasteiger partial charge is 0.101 e. The minimum absolute atomic E-state index is 0.942. The van der Waals surface area contributed by atoms with Gasteiger partial charge >= 0.3 is 0 Å². The molecule has 0 aliphatic heterocycles. The first kappa shape index (κ1) is 36.8. The predicted molar refractivity (Wildman–Crippen MR) is 260 cm³/mol. The molecule has 0 N–H and O–H groups in total. The molecule has 11 aromatic rings. The molecule has 62 heavy (non-hydrogen) atoms. The number of hydrogen-bond donors (Lipinski definition) is 0. The quantitative estimate of drug-likeness (QED) is 0.145. The topological polar surface area (TPSA) is 20.5 Å². The van der Waals surface area contributed by atoms with Gasteiger partial charge < -0.3 is 4.90 Å². The third-order valence-electron chi connectivity index (χ3n) is 11.8. The second-order valence-electron chi connectivity index (χ2n) is 15.6. The van der Waals surface area contributed by atoms with Gasteiger partial charge in [-0.1, -0.05) is 224 Å². The predicted octanol–water partition coefficient (Wildman–Crippen LogP) is 16.0. The Morgan fingerprint density at radius 1 is 0.290 bits per heavy atom. The molecular weight excluding hydrogens is 751 g/mol. The lowest BCUT2D eigenvalue weighted by Gasteiger charge is -2.30. The summed E-state index contributed by atoms with van der Waals surface area (Å²) in [6.07, 6.45) is 0. The Morgan fingerprint density at radius 3 is 1.08 bits per heavy atom. The van der Waals surface area contributed by atoms with E-state index in [1.54, 1.807) is 0 Å². The molecule has 0 radical (unpaired) electrons. The van der Waals surface area contributed by atoms with E-state index in [2.05, 4.69) is 258 Å². The Labute approximate surface area is 362 Å². The van der Waals surface area contributed by atoms with E-state index in [1.165, 1.54) is 27.8 Å². The average molecular weight is 792 g/mol. The highest BCUT2D eigenvalue weighted by molar-refractivity contribution is 6.15.